The summed E-state index contributed by atoms with van der Waals surface area (Å²) in [5.74, 6) is 1.50. The first-order valence-corrected chi connectivity index (χ1v) is 6.52. The normalized spacial score (nSPS) is 30.1. The van der Waals surface area contributed by atoms with Crippen molar-refractivity contribution in [1.29, 1.82) is 0 Å². The number of carbonyl (C=O) groups is 1. The second-order valence-electron chi connectivity index (χ2n) is 5.01. The van der Waals surface area contributed by atoms with Crippen LogP contribution in [0.3, 0.4) is 0 Å². The summed E-state index contributed by atoms with van der Waals surface area (Å²) in [5, 5.41) is 3.48. The average Bonchev–Trinajstić information content (AvgIpc) is 2.22. The SMILES string of the molecule is CCOC(=O)CCNC1CCC(C)CC1C. The second-order valence-corrected chi connectivity index (χ2v) is 5.01. The summed E-state index contributed by atoms with van der Waals surface area (Å²) in [4.78, 5) is 11.2. The number of ether oxygens (including phenoxy) is 1. The molecule has 0 spiro atoms. The zero-order chi connectivity index (χ0) is 12.0. The van der Waals surface area contributed by atoms with Crippen LogP contribution in [0.4, 0.5) is 0 Å². The average molecular weight is 227 g/mol. The van der Waals surface area contributed by atoms with Gasteiger partial charge in [-0.15, -0.1) is 0 Å². The van der Waals surface area contributed by atoms with Crippen LogP contribution in [0, 0.1) is 11.8 Å². The monoisotopic (exact) mass is 227 g/mol. The highest BCUT2D eigenvalue weighted by molar-refractivity contribution is 5.69. The molecule has 1 fully saturated rings. The molecule has 94 valence electrons. The van der Waals surface area contributed by atoms with Gasteiger partial charge in [-0.2, -0.15) is 0 Å². The molecule has 3 heteroatoms. The molecule has 1 rings (SSSR count). The molecule has 1 aliphatic rings. The number of rotatable bonds is 5. The second kappa shape index (κ2) is 6.89. The molecule has 0 saturated heterocycles. The predicted octanol–water partition coefficient (Wildman–Crippen LogP) is 2.35. The fraction of sp³-hybridized carbons (Fsp3) is 0.923. The van der Waals surface area contributed by atoms with E-state index in [1.165, 1.54) is 19.3 Å². The minimum Gasteiger partial charge on any atom is -0.466 e. The Morgan fingerprint density at radius 2 is 2.12 bits per heavy atom. The lowest BCUT2D eigenvalue weighted by molar-refractivity contribution is -0.143. The van der Waals surface area contributed by atoms with Gasteiger partial charge in [0, 0.05) is 12.6 Å². The van der Waals surface area contributed by atoms with Crippen LogP contribution in [0.5, 0.6) is 0 Å². The van der Waals surface area contributed by atoms with Gasteiger partial charge in [0.2, 0.25) is 0 Å². The quantitative estimate of drug-likeness (QED) is 0.733. The number of hydrogen-bond donors (Lipinski definition) is 1. The van der Waals surface area contributed by atoms with Crippen molar-refractivity contribution < 1.29 is 9.53 Å². The van der Waals surface area contributed by atoms with Crippen LogP contribution in [0.25, 0.3) is 0 Å². The highest BCUT2D eigenvalue weighted by atomic mass is 16.5. The van der Waals surface area contributed by atoms with Crippen molar-refractivity contribution in [2.75, 3.05) is 13.2 Å². The molecule has 0 heterocycles. The summed E-state index contributed by atoms with van der Waals surface area (Å²) in [6.45, 7) is 7.71. The smallest absolute Gasteiger partial charge is 0.307 e. The molecule has 3 unspecified atom stereocenters. The molecular formula is C13H25NO2. The molecule has 0 radical (unpaired) electrons. The first kappa shape index (κ1) is 13.5. The van der Waals surface area contributed by atoms with Gasteiger partial charge in [0.15, 0.2) is 0 Å². The lowest BCUT2D eigenvalue weighted by Crippen LogP contribution is -2.40. The lowest BCUT2D eigenvalue weighted by Gasteiger charge is -2.33. The van der Waals surface area contributed by atoms with Gasteiger partial charge in [-0.05, 0) is 38.0 Å². The Bertz CT molecular complexity index is 218. The summed E-state index contributed by atoms with van der Waals surface area (Å²) in [6.07, 6.45) is 4.34. The molecule has 3 atom stereocenters. The summed E-state index contributed by atoms with van der Waals surface area (Å²) < 4.78 is 4.90. The van der Waals surface area contributed by atoms with E-state index in [1.807, 2.05) is 6.92 Å². The fourth-order valence-corrected chi connectivity index (χ4v) is 2.56. The standard InChI is InChI=1S/C13H25NO2/c1-4-16-13(15)7-8-14-12-6-5-10(2)9-11(12)3/h10-12,14H,4-9H2,1-3H3. The van der Waals surface area contributed by atoms with Gasteiger partial charge in [-0.1, -0.05) is 13.8 Å². The fourth-order valence-electron chi connectivity index (χ4n) is 2.56. The Balaban J connectivity index is 2.15. The summed E-state index contributed by atoms with van der Waals surface area (Å²) in [6, 6.07) is 0.589. The Labute approximate surface area is 98.9 Å². The van der Waals surface area contributed by atoms with Crippen LogP contribution in [0.1, 0.15) is 46.5 Å². The van der Waals surface area contributed by atoms with Gasteiger partial charge in [0.05, 0.1) is 13.0 Å². The van der Waals surface area contributed by atoms with Crippen LogP contribution in [-0.2, 0) is 9.53 Å². The van der Waals surface area contributed by atoms with E-state index in [4.69, 9.17) is 4.74 Å². The van der Waals surface area contributed by atoms with E-state index in [2.05, 4.69) is 19.2 Å². The predicted molar refractivity (Wildman–Crippen MR) is 65.2 cm³/mol. The van der Waals surface area contributed by atoms with Gasteiger partial charge in [0.25, 0.3) is 0 Å². The molecule has 1 saturated carbocycles. The molecule has 0 aromatic carbocycles. The summed E-state index contributed by atoms with van der Waals surface area (Å²) in [5.41, 5.74) is 0. The lowest BCUT2D eigenvalue weighted by atomic mass is 9.80. The molecule has 0 aromatic heterocycles. The van der Waals surface area contributed by atoms with E-state index >= 15 is 0 Å². The first-order valence-electron chi connectivity index (χ1n) is 6.52. The number of esters is 1. The third-order valence-corrected chi connectivity index (χ3v) is 3.47. The zero-order valence-electron chi connectivity index (χ0n) is 10.8. The van der Waals surface area contributed by atoms with Crippen molar-refractivity contribution in [2.45, 2.75) is 52.5 Å². The van der Waals surface area contributed by atoms with E-state index in [1.54, 1.807) is 0 Å². The van der Waals surface area contributed by atoms with Crippen molar-refractivity contribution in [1.82, 2.24) is 5.32 Å². The van der Waals surface area contributed by atoms with Crippen molar-refractivity contribution in [3.05, 3.63) is 0 Å². The topological polar surface area (TPSA) is 38.3 Å². The van der Waals surface area contributed by atoms with Crippen LogP contribution in [-0.4, -0.2) is 25.2 Å². The van der Waals surface area contributed by atoms with E-state index in [0.717, 1.165) is 18.4 Å². The Morgan fingerprint density at radius 3 is 2.75 bits per heavy atom. The number of carbonyl (C=O) groups excluding carboxylic acids is 1. The number of nitrogens with one attached hydrogen (secondary N) is 1. The van der Waals surface area contributed by atoms with Crippen LogP contribution < -0.4 is 5.32 Å². The molecule has 16 heavy (non-hydrogen) atoms. The molecule has 0 aromatic rings. The summed E-state index contributed by atoms with van der Waals surface area (Å²) in [7, 11) is 0. The van der Waals surface area contributed by atoms with Crippen LogP contribution in [0.15, 0.2) is 0 Å². The summed E-state index contributed by atoms with van der Waals surface area (Å²) >= 11 is 0. The van der Waals surface area contributed by atoms with Crippen molar-refractivity contribution in [3.63, 3.8) is 0 Å². The molecule has 1 N–H and O–H groups in total. The van der Waals surface area contributed by atoms with Gasteiger partial charge in [0.1, 0.15) is 0 Å². The molecule has 0 aliphatic heterocycles. The van der Waals surface area contributed by atoms with Gasteiger partial charge in [-0.3, -0.25) is 4.79 Å². The Morgan fingerprint density at radius 1 is 1.38 bits per heavy atom. The van der Waals surface area contributed by atoms with Gasteiger partial charge < -0.3 is 10.1 Å². The maximum Gasteiger partial charge on any atom is 0.307 e. The van der Waals surface area contributed by atoms with Crippen molar-refractivity contribution in [3.8, 4) is 0 Å². The van der Waals surface area contributed by atoms with E-state index in [-0.39, 0.29) is 5.97 Å². The number of hydrogen-bond acceptors (Lipinski definition) is 3. The van der Waals surface area contributed by atoms with Gasteiger partial charge >= 0.3 is 5.97 Å². The Hall–Kier alpha value is -0.570. The van der Waals surface area contributed by atoms with E-state index in [0.29, 0.717) is 19.1 Å². The molecule has 0 bridgehead atoms. The largest absolute Gasteiger partial charge is 0.466 e. The van der Waals surface area contributed by atoms with E-state index < -0.39 is 0 Å². The maximum absolute atomic E-state index is 11.2. The van der Waals surface area contributed by atoms with Crippen LogP contribution >= 0.6 is 0 Å². The first-order chi connectivity index (χ1) is 7.63. The van der Waals surface area contributed by atoms with Crippen molar-refractivity contribution >= 4 is 5.97 Å². The third kappa shape index (κ3) is 4.52. The molecule has 0 amide bonds. The van der Waals surface area contributed by atoms with Crippen LogP contribution in [0.2, 0.25) is 0 Å². The van der Waals surface area contributed by atoms with Gasteiger partial charge in [-0.25, -0.2) is 0 Å². The highest BCUT2D eigenvalue weighted by Crippen LogP contribution is 2.28. The van der Waals surface area contributed by atoms with E-state index in [9.17, 15) is 4.79 Å². The molecular weight excluding hydrogens is 202 g/mol. The zero-order valence-corrected chi connectivity index (χ0v) is 10.8. The minimum atomic E-state index is -0.0909. The maximum atomic E-state index is 11.2. The third-order valence-electron chi connectivity index (χ3n) is 3.47. The molecule has 1 aliphatic carbocycles. The highest BCUT2D eigenvalue weighted by Gasteiger charge is 2.24. The molecule has 3 nitrogen and oxygen atoms in total. The minimum absolute atomic E-state index is 0.0909. The Kier molecular flexibility index (Phi) is 5.81. The van der Waals surface area contributed by atoms with Crippen molar-refractivity contribution in [2.24, 2.45) is 11.8 Å².